The van der Waals surface area contributed by atoms with Crippen molar-refractivity contribution in [2.45, 2.75) is 32.0 Å². The fourth-order valence-electron chi connectivity index (χ4n) is 3.61. The van der Waals surface area contributed by atoms with Gasteiger partial charge < -0.3 is 4.90 Å². The van der Waals surface area contributed by atoms with Gasteiger partial charge in [-0.25, -0.2) is 0 Å². The van der Waals surface area contributed by atoms with Crippen LogP contribution in [0.25, 0.3) is 0 Å². The summed E-state index contributed by atoms with van der Waals surface area (Å²) in [5.74, 6) is 0.865. The molecule has 1 aliphatic rings. The summed E-state index contributed by atoms with van der Waals surface area (Å²) >= 11 is 0. The molecule has 0 atom stereocenters. The molecule has 0 heterocycles. The van der Waals surface area contributed by atoms with Gasteiger partial charge in [-0.2, -0.15) is 0 Å². The number of nitrogens with zero attached hydrogens (tertiary/aromatic N) is 2. The first-order valence-electron chi connectivity index (χ1n) is 8.67. The van der Waals surface area contributed by atoms with Crippen LogP contribution in [0.15, 0.2) is 60.7 Å². The Labute approximate surface area is 140 Å². The van der Waals surface area contributed by atoms with Crippen molar-refractivity contribution in [2.75, 3.05) is 20.6 Å². The maximum absolute atomic E-state index is 2.66. The molecule has 0 aromatic heterocycles. The number of rotatable bonds is 7. The molecule has 0 unspecified atom stereocenters. The third kappa shape index (κ3) is 4.66. The lowest BCUT2D eigenvalue weighted by molar-refractivity contribution is 0.0528. The van der Waals surface area contributed by atoms with Crippen molar-refractivity contribution in [3.63, 3.8) is 0 Å². The Balaban J connectivity index is 1.65. The van der Waals surface area contributed by atoms with E-state index in [1.165, 1.54) is 30.5 Å². The van der Waals surface area contributed by atoms with Gasteiger partial charge in [0.1, 0.15) is 0 Å². The van der Waals surface area contributed by atoms with Crippen LogP contribution in [0.1, 0.15) is 24.0 Å². The van der Waals surface area contributed by atoms with Crippen LogP contribution in [0.2, 0.25) is 0 Å². The van der Waals surface area contributed by atoms with E-state index in [0.717, 1.165) is 25.0 Å². The highest BCUT2D eigenvalue weighted by Gasteiger charge is 2.33. The average molecular weight is 308 g/mol. The molecule has 0 amide bonds. The van der Waals surface area contributed by atoms with E-state index in [1.54, 1.807) is 0 Å². The summed E-state index contributed by atoms with van der Waals surface area (Å²) in [7, 11) is 4.36. The summed E-state index contributed by atoms with van der Waals surface area (Å²) < 4.78 is 0. The monoisotopic (exact) mass is 308 g/mol. The van der Waals surface area contributed by atoms with Gasteiger partial charge in [0.2, 0.25) is 0 Å². The van der Waals surface area contributed by atoms with Crippen LogP contribution in [0.4, 0.5) is 0 Å². The Bertz CT molecular complexity index is 532. The Morgan fingerprint density at radius 1 is 0.783 bits per heavy atom. The van der Waals surface area contributed by atoms with Crippen LogP contribution in [0.5, 0.6) is 0 Å². The molecule has 2 aromatic carbocycles. The first kappa shape index (κ1) is 16.2. The van der Waals surface area contributed by atoms with Crippen molar-refractivity contribution >= 4 is 0 Å². The van der Waals surface area contributed by atoms with E-state index in [9.17, 15) is 0 Å². The van der Waals surface area contributed by atoms with Crippen molar-refractivity contribution < 1.29 is 0 Å². The molecule has 0 radical (unpaired) electrons. The molecule has 1 saturated carbocycles. The minimum Gasteiger partial charge on any atom is -0.309 e. The molecule has 3 rings (SSSR count). The smallest absolute Gasteiger partial charge is 0.0240 e. The third-order valence-corrected chi connectivity index (χ3v) is 4.81. The Morgan fingerprint density at radius 3 is 1.70 bits per heavy atom. The van der Waals surface area contributed by atoms with E-state index in [0.29, 0.717) is 0 Å². The quantitative estimate of drug-likeness (QED) is 0.762. The lowest BCUT2D eigenvalue weighted by Gasteiger charge is -2.44. The van der Waals surface area contributed by atoms with Crippen LogP contribution < -0.4 is 0 Å². The second-order valence-electron chi connectivity index (χ2n) is 7.13. The van der Waals surface area contributed by atoms with Crippen LogP contribution in [0.3, 0.4) is 0 Å². The lowest BCUT2D eigenvalue weighted by Crippen LogP contribution is -2.46. The SMILES string of the molecule is CN(C)C[C@H]1C[C@@H](N(Cc2ccccc2)Cc2ccccc2)C1. The lowest BCUT2D eigenvalue weighted by atomic mass is 9.78. The van der Waals surface area contributed by atoms with Gasteiger partial charge in [-0.3, -0.25) is 4.90 Å². The van der Waals surface area contributed by atoms with Crippen LogP contribution >= 0.6 is 0 Å². The molecule has 23 heavy (non-hydrogen) atoms. The predicted octanol–water partition coefficient (Wildman–Crippen LogP) is 4.03. The Morgan fingerprint density at radius 2 is 1.26 bits per heavy atom. The summed E-state index contributed by atoms with van der Waals surface area (Å²) in [6.45, 7) is 3.32. The van der Waals surface area contributed by atoms with E-state index in [4.69, 9.17) is 0 Å². The summed E-state index contributed by atoms with van der Waals surface area (Å²) in [6, 6.07) is 22.5. The van der Waals surface area contributed by atoms with E-state index in [1.807, 2.05) is 0 Å². The molecule has 2 heteroatoms. The van der Waals surface area contributed by atoms with Crippen molar-refractivity contribution in [3.8, 4) is 0 Å². The Kier molecular flexibility index (Phi) is 5.47. The number of benzene rings is 2. The first-order valence-corrected chi connectivity index (χ1v) is 8.67. The van der Waals surface area contributed by atoms with Gasteiger partial charge in [-0.05, 0) is 44.0 Å². The molecule has 0 aliphatic heterocycles. The summed E-state index contributed by atoms with van der Waals surface area (Å²) in [6.07, 6.45) is 2.66. The maximum atomic E-state index is 2.66. The zero-order chi connectivity index (χ0) is 16.1. The van der Waals surface area contributed by atoms with Crippen LogP contribution in [0, 0.1) is 5.92 Å². The number of hydrogen-bond acceptors (Lipinski definition) is 2. The van der Waals surface area contributed by atoms with Crippen LogP contribution in [-0.2, 0) is 13.1 Å². The molecule has 0 spiro atoms. The molecule has 122 valence electrons. The van der Waals surface area contributed by atoms with E-state index >= 15 is 0 Å². The largest absolute Gasteiger partial charge is 0.309 e. The second kappa shape index (κ2) is 7.76. The molecular formula is C21H28N2. The van der Waals surface area contributed by atoms with Crippen molar-refractivity contribution in [3.05, 3.63) is 71.8 Å². The molecule has 1 fully saturated rings. The molecule has 0 bridgehead atoms. The highest BCUT2D eigenvalue weighted by atomic mass is 15.2. The van der Waals surface area contributed by atoms with Gasteiger partial charge in [0, 0.05) is 25.7 Å². The molecular weight excluding hydrogens is 280 g/mol. The zero-order valence-electron chi connectivity index (χ0n) is 14.4. The Hall–Kier alpha value is -1.64. The van der Waals surface area contributed by atoms with Crippen molar-refractivity contribution in [1.82, 2.24) is 9.80 Å². The van der Waals surface area contributed by atoms with Gasteiger partial charge in [0.15, 0.2) is 0 Å². The molecule has 0 N–H and O–H groups in total. The van der Waals surface area contributed by atoms with Crippen molar-refractivity contribution in [2.24, 2.45) is 5.92 Å². The number of hydrogen-bond donors (Lipinski definition) is 0. The van der Waals surface area contributed by atoms with Gasteiger partial charge in [0.05, 0.1) is 0 Å². The average Bonchev–Trinajstić information content (AvgIpc) is 2.52. The van der Waals surface area contributed by atoms with E-state index < -0.39 is 0 Å². The van der Waals surface area contributed by atoms with E-state index in [-0.39, 0.29) is 0 Å². The fourth-order valence-corrected chi connectivity index (χ4v) is 3.61. The topological polar surface area (TPSA) is 6.48 Å². The minimum absolute atomic E-state index is 0.723. The van der Waals surface area contributed by atoms with Crippen molar-refractivity contribution in [1.29, 1.82) is 0 Å². The standard InChI is InChI=1S/C21H28N2/c1-22(2)15-20-13-21(14-20)23(16-18-9-5-3-6-10-18)17-19-11-7-4-8-12-19/h3-12,20-21H,13-17H2,1-2H3/t20-,21+. The highest BCUT2D eigenvalue weighted by Crippen LogP contribution is 2.34. The van der Waals surface area contributed by atoms with E-state index in [2.05, 4.69) is 84.6 Å². The maximum Gasteiger partial charge on any atom is 0.0240 e. The molecule has 2 nitrogen and oxygen atoms in total. The highest BCUT2D eigenvalue weighted by molar-refractivity contribution is 5.17. The molecule has 0 saturated heterocycles. The summed E-state index contributed by atoms with van der Waals surface area (Å²) in [5.41, 5.74) is 2.83. The second-order valence-corrected chi connectivity index (χ2v) is 7.13. The first-order chi connectivity index (χ1) is 11.2. The fraction of sp³-hybridized carbons (Fsp3) is 0.429. The predicted molar refractivity (Wildman–Crippen MR) is 97.2 cm³/mol. The summed E-state index contributed by atoms with van der Waals surface area (Å²) in [5, 5.41) is 0. The third-order valence-electron chi connectivity index (χ3n) is 4.81. The van der Waals surface area contributed by atoms with Gasteiger partial charge >= 0.3 is 0 Å². The molecule has 2 aromatic rings. The van der Waals surface area contributed by atoms with Gasteiger partial charge in [-0.15, -0.1) is 0 Å². The van der Waals surface area contributed by atoms with Gasteiger partial charge in [-0.1, -0.05) is 60.7 Å². The minimum atomic E-state index is 0.723. The zero-order valence-corrected chi connectivity index (χ0v) is 14.4. The normalized spacial score (nSPS) is 20.7. The van der Waals surface area contributed by atoms with Crippen LogP contribution in [-0.4, -0.2) is 36.5 Å². The van der Waals surface area contributed by atoms with Gasteiger partial charge in [0.25, 0.3) is 0 Å². The molecule has 1 aliphatic carbocycles. The summed E-state index contributed by atoms with van der Waals surface area (Å²) in [4.78, 5) is 4.98.